The van der Waals surface area contributed by atoms with Gasteiger partial charge in [0.1, 0.15) is 0 Å². The van der Waals surface area contributed by atoms with Crippen molar-refractivity contribution < 1.29 is 9.31 Å². The molecule has 22 aromatic rings. The predicted octanol–water partition coefficient (Wildman–Crippen LogP) is 28.5. The minimum atomic E-state index is -0.353. The van der Waals surface area contributed by atoms with Crippen LogP contribution in [0, 0.1) is 0 Å². The molecule has 0 unspecified atom stereocenters. The molecule has 0 N–H and O–H groups in total. The summed E-state index contributed by atoms with van der Waals surface area (Å²) < 4.78 is 34.0. The third kappa shape index (κ3) is 10.9. The number of para-hydroxylation sites is 6. The van der Waals surface area contributed by atoms with Gasteiger partial charge in [-0.25, -0.2) is 0 Å². The molecule has 10 aromatic heterocycles. The smallest absolute Gasteiger partial charge is 0.399 e. The molecular weight excluding hydrogens is 1500 g/mol. The molecule has 0 saturated carbocycles. The van der Waals surface area contributed by atoms with Crippen molar-refractivity contribution >= 4 is 221 Å². The summed E-state index contributed by atoms with van der Waals surface area (Å²) in [6, 6.07) is 110. The fraction of sp³-hybridized carbons (Fsp3) is 0.0638. The Morgan fingerprint density at radius 3 is 1.09 bits per heavy atom. The molecular formula is C94H64BBrN4O2S6. The number of benzene rings is 12. The van der Waals surface area contributed by atoms with Crippen molar-refractivity contribution in [2.45, 2.75) is 38.9 Å². The number of thiophene rings is 6. The molecule has 0 spiro atoms. The van der Waals surface area contributed by atoms with Gasteiger partial charge >= 0.3 is 7.12 Å². The molecule has 108 heavy (non-hydrogen) atoms. The standard InChI is InChI=1S/C44H26N2S3.C26H14BrNS3.C24H24BNO2/c1-3-9-30(10-4-1)45-36-14-8-7-13-32(36)33-23-27(15-18-37(33)45)28-16-19-40-34(24-28)35-25-29(17-20-41(35)48-40)42-26-39-44(49-42)43-38(21-22-47-43)46(39)31-11-5-2-6-12-31;27-16-7-9-23-19(13-16)18-12-15(6-8-22(18)30-23)24-14-21-26(31-24)25-20(10-11-29-25)28(21)17-4-2-1-3-5-17;1-23(2)24(3,4)28-25(27-23)17-14-15-22-20(16-17)19-12-8-9-13-21(19)26(22)18-10-6-5-7-11-18/h1-26H;1-14H;5-16H,1-4H3. The number of fused-ring (bicyclic) bond motifs is 18. The van der Waals surface area contributed by atoms with Gasteiger partial charge in [0, 0.05) is 98.9 Å². The fourth-order valence-electron chi connectivity index (χ4n) is 16.0. The molecule has 11 heterocycles. The van der Waals surface area contributed by atoms with E-state index in [-0.39, 0.29) is 18.3 Å². The van der Waals surface area contributed by atoms with Crippen LogP contribution in [-0.4, -0.2) is 36.6 Å². The molecule has 1 saturated heterocycles. The van der Waals surface area contributed by atoms with Gasteiger partial charge < -0.3 is 27.6 Å². The average Bonchev–Trinajstić information content (AvgIpc) is 1.58. The Bertz CT molecular complexity index is 7270. The van der Waals surface area contributed by atoms with Crippen LogP contribution in [0.25, 0.3) is 180 Å². The SMILES string of the molecule is Brc1ccc2sc3ccc(-c4cc5c(s4)c4sccc4n5-c4ccccc4)cc3c2c1.CC1(C)OB(c2ccc3c(c2)c2ccccc2n3-c2ccccc2)OC1(C)C.c1ccc(-n2c3ccccc3c3cc(-c4ccc5sc6ccc(-c7cc8c(s7)c7sccc7n8-c7ccccc7)cc6c5c4)ccc32)cc1. The van der Waals surface area contributed by atoms with E-state index in [9.17, 15) is 0 Å². The maximum absolute atomic E-state index is 6.27. The Kier molecular flexibility index (Phi) is 15.8. The molecule has 1 aliphatic heterocycles. The van der Waals surface area contributed by atoms with Gasteiger partial charge in [0.2, 0.25) is 0 Å². The molecule has 0 bridgehead atoms. The monoisotopic (exact) mass is 1560 g/mol. The van der Waals surface area contributed by atoms with Crippen LogP contribution in [-0.2, 0) is 9.31 Å². The van der Waals surface area contributed by atoms with Gasteiger partial charge in [-0.2, -0.15) is 0 Å². The van der Waals surface area contributed by atoms with Gasteiger partial charge in [0.25, 0.3) is 0 Å². The Labute approximate surface area is 655 Å². The minimum Gasteiger partial charge on any atom is -0.399 e. The van der Waals surface area contributed by atoms with Crippen molar-refractivity contribution in [3.05, 3.63) is 319 Å². The first-order chi connectivity index (χ1) is 52.9. The maximum Gasteiger partial charge on any atom is 0.494 e. The lowest BCUT2D eigenvalue weighted by atomic mass is 9.78. The van der Waals surface area contributed by atoms with E-state index in [4.69, 9.17) is 9.31 Å². The summed E-state index contributed by atoms with van der Waals surface area (Å²) in [6.07, 6.45) is 0. The van der Waals surface area contributed by atoms with Gasteiger partial charge in [-0.15, -0.1) is 68.0 Å². The lowest BCUT2D eigenvalue weighted by Gasteiger charge is -2.32. The van der Waals surface area contributed by atoms with Crippen LogP contribution in [0.4, 0.5) is 0 Å². The first-order valence-corrected chi connectivity index (χ1v) is 42.0. The zero-order valence-electron chi connectivity index (χ0n) is 59.0. The largest absolute Gasteiger partial charge is 0.494 e. The van der Waals surface area contributed by atoms with E-state index in [0.717, 1.165) is 15.6 Å². The predicted molar refractivity (Wildman–Crippen MR) is 474 cm³/mol. The minimum absolute atomic E-state index is 0.343. The Morgan fingerprint density at radius 1 is 0.278 bits per heavy atom. The summed E-state index contributed by atoms with van der Waals surface area (Å²) >= 11 is 14.9. The van der Waals surface area contributed by atoms with Crippen molar-refractivity contribution in [2.24, 2.45) is 0 Å². The lowest BCUT2D eigenvalue weighted by Crippen LogP contribution is -2.41. The highest BCUT2D eigenvalue weighted by atomic mass is 79.9. The number of hydrogen-bond acceptors (Lipinski definition) is 8. The maximum atomic E-state index is 6.27. The molecule has 0 atom stereocenters. The molecule has 12 aromatic carbocycles. The van der Waals surface area contributed by atoms with Crippen LogP contribution in [0.5, 0.6) is 0 Å². The second-order valence-corrected chi connectivity index (χ2v) is 35.7. The zero-order chi connectivity index (χ0) is 72.1. The number of hydrogen-bond donors (Lipinski definition) is 0. The highest BCUT2D eigenvalue weighted by Crippen LogP contribution is 2.49. The van der Waals surface area contributed by atoms with E-state index in [2.05, 4.69) is 370 Å². The zero-order valence-corrected chi connectivity index (χ0v) is 65.5. The number of rotatable bonds is 8. The topological polar surface area (TPSA) is 38.2 Å². The molecule has 0 radical (unpaired) electrons. The van der Waals surface area contributed by atoms with E-state index in [0.29, 0.717) is 0 Å². The summed E-state index contributed by atoms with van der Waals surface area (Å²) in [4.78, 5) is 2.63. The molecule has 1 aliphatic rings. The molecule has 0 aliphatic carbocycles. The highest BCUT2D eigenvalue weighted by molar-refractivity contribution is 9.10. The molecule has 6 nitrogen and oxygen atoms in total. The van der Waals surface area contributed by atoms with Gasteiger partial charge in [-0.1, -0.05) is 162 Å². The molecule has 1 fully saturated rings. The van der Waals surface area contributed by atoms with Crippen molar-refractivity contribution in [3.63, 3.8) is 0 Å². The summed E-state index contributed by atoms with van der Waals surface area (Å²) in [5.41, 5.74) is 20.2. The normalized spacial score (nSPS) is 13.7. The van der Waals surface area contributed by atoms with Gasteiger partial charge in [-0.05, 0) is 224 Å². The highest BCUT2D eigenvalue weighted by Gasteiger charge is 2.52. The van der Waals surface area contributed by atoms with Crippen LogP contribution in [0.15, 0.2) is 319 Å². The Morgan fingerprint density at radius 2 is 0.630 bits per heavy atom. The van der Waals surface area contributed by atoms with Gasteiger partial charge in [0.15, 0.2) is 0 Å². The number of aromatic nitrogens is 4. The quantitative estimate of drug-likeness (QED) is 0.142. The van der Waals surface area contributed by atoms with Crippen LogP contribution in [0.3, 0.4) is 0 Å². The van der Waals surface area contributed by atoms with Crippen LogP contribution in [0.1, 0.15) is 27.7 Å². The van der Waals surface area contributed by atoms with Crippen LogP contribution >= 0.6 is 84.0 Å². The van der Waals surface area contributed by atoms with E-state index in [1.165, 1.54) is 174 Å². The van der Waals surface area contributed by atoms with Crippen LogP contribution in [0.2, 0.25) is 0 Å². The van der Waals surface area contributed by atoms with Crippen molar-refractivity contribution in [1.82, 2.24) is 18.3 Å². The third-order valence-corrected chi connectivity index (χ3v) is 29.1. The van der Waals surface area contributed by atoms with Crippen molar-refractivity contribution in [1.29, 1.82) is 0 Å². The number of nitrogens with zero attached hydrogens (tertiary/aromatic N) is 4. The Hall–Kier alpha value is -10.5. The average molecular weight is 1560 g/mol. The first-order valence-electron chi connectivity index (χ1n) is 36.2. The first kappa shape index (κ1) is 65.8. The molecule has 0 amide bonds. The Balaban J connectivity index is 0.000000109. The molecule has 518 valence electrons. The van der Waals surface area contributed by atoms with Crippen molar-refractivity contribution in [2.75, 3.05) is 0 Å². The van der Waals surface area contributed by atoms with Gasteiger partial charge in [0.05, 0.1) is 74.1 Å². The lowest BCUT2D eigenvalue weighted by molar-refractivity contribution is 0.00578. The number of halogens is 1. The summed E-state index contributed by atoms with van der Waals surface area (Å²) in [7, 11) is -0.353. The third-order valence-electron chi connectivity index (χ3n) is 21.8. The van der Waals surface area contributed by atoms with E-state index in [1.54, 1.807) is 0 Å². The van der Waals surface area contributed by atoms with E-state index < -0.39 is 0 Å². The molecule has 14 heteroatoms. The molecule has 23 rings (SSSR count). The van der Waals surface area contributed by atoms with Gasteiger partial charge in [-0.3, -0.25) is 0 Å². The summed E-state index contributed by atoms with van der Waals surface area (Å²) in [6.45, 7) is 8.36. The fourth-order valence-corrected chi connectivity index (χ4v) is 22.8. The van der Waals surface area contributed by atoms with Crippen molar-refractivity contribution in [3.8, 4) is 54.8 Å². The summed E-state index contributed by atoms with van der Waals surface area (Å²) in [5, 5.41) is 14.7. The second kappa shape index (κ2) is 25.9. The summed E-state index contributed by atoms with van der Waals surface area (Å²) in [5.74, 6) is 0. The van der Waals surface area contributed by atoms with E-state index >= 15 is 0 Å². The van der Waals surface area contributed by atoms with Crippen LogP contribution < -0.4 is 5.46 Å². The van der Waals surface area contributed by atoms with E-state index in [1.807, 2.05) is 74.1 Å². The second-order valence-electron chi connectivity index (χ2n) is 28.7.